The van der Waals surface area contributed by atoms with Crippen LogP contribution in [0.3, 0.4) is 0 Å². The molecule has 0 aromatic rings. The molecule has 3 nitrogen and oxygen atoms in total. The first-order valence-corrected chi connectivity index (χ1v) is 6.23. The van der Waals surface area contributed by atoms with E-state index in [0.29, 0.717) is 12.8 Å². The van der Waals surface area contributed by atoms with Crippen molar-refractivity contribution in [1.82, 2.24) is 0 Å². The van der Waals surface area contributed by atoms with Gasteiger partial charge in [0.05, 0.1) is 0 Å². The predicted octanol–water partition coefficient (Wildman–Crippen LogP) is 1.55. The molecule has 88 valence electrons. The summed E-state index contributed by atoms with van der Waals surface area (Å²) in [5, 5.41) is 30.4. The van der Waals surface area contributed by atoms with Crippen LogP contribution in [0, 0.1) is 5.92 Å². The molecule has 15 heavy (non-hydrogen) atoms. The molecule has 2 fully saturated rings. The van der Waals surface area contributed by atoms with Crippen molar-refractivity contribution in [3.8, 4) is 0 Å². The Kier molecular flexibility index (Phi) is 3.06. The van der Waals surface area contributed by atoms with Crippen LogP contribution >= 0.6 is 0 Å². The molecule has 0 saturated heterocycles. The van der Waals surface area contributed by atoms with E-state index >= 15 is 0 Å². The normalized spacial score (nSPS) is 37.8. The maximum Gasteiger partial charge on any atom is 0.192 e. The highest BCUT2D eigenvalue weighted by Crippen LogP contribution is 2.45. The third-order valence-corrected chi connectivity index (χ3v) is 4.31. The Hall–Kier alpha value is -0.120. The molecule has 1 unspecified atom stereocenters. The fourth-order valence-corrected chi connectivity index (χ4v) is 3.29. The fraction of sp³-hybridized carbons (Fsp3) is 1.00. The van der Waals surface area contributed by atoms with E-state index in [1.165, 1.54) is 6.42 Å². The van der Waals surface area contributed by atoms with Crippen LogP contribution in [0.1, 0.15) is 57.8 Å². The quantitative estimate of drug-likeness (QED) is 0.580. The van der Waals surface area contributed by atoms with Crippen molar-refractivity contribution in [1.29, 1.82) is 0 Å². The molecular formula is C12H22O3. The number of rotatable bonds is 1. The van der Waals surface area contributed by atoms with Gasteiger partial charge in [0.1, 0.15) is 5.60 Å². The Morgan fingerprint density at radius 1 is 0.733 bits per heavy atom. The fourth-order valence-electron chi connectivity index (χ4n) is 3.29. The molecule has 0 aromatic heterocycles. The van der Waals surface area contributed by atoms with E-state index in [1.54, 1.807) is 0 Å². The maximum atomic E-state index is 10.5. The summed E-state index contributed by atoms with van der Waals surface area (Å²) >= 11 is 0. The Bertz CT molecular complexity index is 221. The third kappa shape index (κ3) is 1.93. The average Bonchev–Trinajstić information content (AvgIpc) is 2.24. The lowest BCUT2D eigenvalue weighted by molar-refractivity contribution is -0.310. The van der Waals surface area contributed by atoms with Crippen molar-refractivity contribution in [3.63, 3.8) is 0 Å². The minimum absolute atomic E-state index is 0.0848. The van der Waals surface area contributed by atoms with Crippen LogP contribution in [0.25, 0.3) is 0 Å². The van der Waals surface area contributed by atoms with Crippen molar-refractivity contribution in [2.24, 2.45) is 5.92 Å². The molecule has 2 aliphatic carbocycles. The molecular weight excluding hydrogens is 192 g/mol. The second-order valence-electron chi connectivity index (χ2n) is 5.28. The lowest BCUT2D eigenvalue weighted by Crippen LogP contribution is -2.60. The van der Waals surface area contributed by atoms with Gasteiger partial charge < -0.3 is 15.3 Å². The molecule has 2 rings (SSSR count). The SMILES string of the molecule is OC1(O)CCCCC1(O)C1CCCCC1. The van der Waals surface area contributed by atoms with Crippen LogP contribution < -0.4 is 0 Å². The number of hydrogen-bond donors (Lipinski definition) is 3. The van der Waals surface area contributed by atoms with Crippen LogP contribution in [0.4, 0.5) is 0 Å². The van der Waals surface area contributed by atoms with Crippen LogP contribution in [0.5, 0.6) is 0 Å². The van der Waals surface area contributed by atoms with E-state index in [4.69, 9.17) is 0 Å². The molecule has 1 atom stereocenters. The zero-order valence-electron chi connectivity index (χ0n) is 9.28. The number of hydrogen-bond acceptors (Lipinski definition) is 3. The van der Waals surface area contributed by atoms with E-state index in [-0.39, 0.29) is 5.92 Å². The van der Waals surface area contributed by atoms with E-state index < -0.39 is 11.4 Å². The van der Waals surface area contributed by atoms with Crippen LogP contribution in [0.2, 0.25) is 0 Å². The Labute approximate surface area is 91.1 Å². The van der Waals surface area contributed by atoms with Gasteiger partial charge in [0.25, 0.3) is 0 Å². The van der Waals surface area contributed by atoms with Gasteiger partial charge in [0.2, 0.25) is 0 Å². The molecule has 0 bridgehead atoms. The van der Waals surface area contributed by atoms with Crippen molar-refractivity contribution in [2.45, 2.75) is 69.2 Å². The highest BCUT2D eigenvalue weighted by atomic mass is 16.5. The largest absolute Gasteiger partial charge is 0.384 e. The molecule has 0 spiro atoms. The van der Waals surface area contributed by atoms with Crippen molar-refractivity contribution < 1.29 is 15.3 Å². The molecule has 2 aliphatic rings. The second kappa shape index (κ2) is 4.04. The minimum Gasteiger partial charge on any atom is -0.384 e. The highest BCUT2D eigenvalue weighted by molar-refractivity contribution is 5.00. The molecule has 0 amide bonds. The van der Waals surface area contributed by atoms with Gasteiger partial charge in [0.15, 0.2) is 5.79 Å². The van der Waals surface area contributed by atoms with Gasteiger partial charge in [-0.15, -0.1) is 0 Å². The Morgan fingerprint density at radius 3 is 1.93 bits per heavy atom. The first-order chi connectivity index (χ1) is 7.06. The van der Waals surface area contributed by atoms with Gasteiger partial charge in [-0.05, 0) is 31.6 Å². The first-order valence-electron chi connectivity index (χ1n) is 6.23. The molecule has 0 aliphatic heterocycles. The summed E-state index contributed by atoms with van der Waals surface area (Å²) in [6.45, 7) is 0. The molecule has 3 N–H and O–H groups in total. The lowest BCUT2D eigenvalue weighted by Gasteiger charge is -2.49. The van der Waals surface area contributed by atoms with Crippen LogP contribution in [-0.2, 0) is 0 Å². The first kappa shape index (κ1) is 11.4. The number of aliphatic hydroxyl groups is 3. The zero-order valence-corrected chi connectivity index (χ0v) is 9.28. The maximum absolute atomic E-state index is 10.5. The summed E-state index contributed by atoms with van der Waals surface area (Å²) in [6.07, 6.45) is 7.92. The molecule has 2 saturated carbocycles. The van der Waals surface area contributed by atoms with Crippen molar-refractivity contribution >= 4 is 0 Å². The van der Waals surface area contributed by atoms with Gasteiger partial charge in [-0.1, -0.05) is 25.7 Å². The monoisotopic (exact) mass is 214 g/mol. The van der Waals surface area contributed by atoms with E-state index in [1.807, 2.05) is 0 Å². The topological polar surface area (TPSA) is 60.7 Å². The minimum atomic E-state index is -1.85. The summed E-state index contributed by atoms with van der Waals surface area (Å²) in [5.74, 6) is -1.77. The smallest absolute Gasteiger partial charge is 0.192 e. The van der Waals surface area contributed by atoms with Gasteiger partial charge in [-0.3, -0.25) is 0 Å². The van der Waals surface area contributed by atoms with Gasteiger partial charge in [0, 0.05) is 6.42 Å². The van der Waals surface area contributed by atoms with Gasteiger partial charge in [-0.25, -0.2) is 0 Å². The van der Waals surface area contributed by atoms with E-state index in [9.17, 15) is 15.3 Å². The average molecular weight is 214 g/mol. The molecule has 0 radical (unpaired) electrons. The Balaban J connectivity index is 2.14. The van der Waals surface area contributed by atoms with Gasteiger partial charge in [-0.2, -0.15) is 0 Å². The van der Waals surface area contributed by atoms with Crippen molar-refractivity contribution in [2.75, 3.05) is 0 Å². The second-order valence-corrected chi connectivity index (χ2v) is 5.28. The summed E-state index contributed by atoms with van der Waals surface area (Å²) < 4.78 is 0. The summed E-state index contributed by atoms with van der Waals surface area (Å²) in [4.78, 5) is 0. The standard InChI is InChI=1S/C12H22O3/c13-11(10-6-2-1-3-7-10)8-4-5-9-12(11,14)15/h10,13-15H,1-9H2. The Morgan fingerprint density at radius 2 is 1.33 bits per heavy atom. The van der Waals surface area contributed by atoms with E-state index in [0.717, 1.165) is 38.5 Å². The highest BCUT2D eigenvalue weighted by Gasteiger charge is 2.54. The van der Waals surface area contributed by atoms with Crippen LogP contribution in [-0.4, -0.2) is 26.7 Å². The van der Waals surface area contributed by atoms with Crippen LogP contribution in [0.15, 0.2) is 0 Å². The summed E-state index contributed by atoms with van der Waals surface area (Å²) in [6, 6.07) is 0. The van der Waals surface area contributed by atoms with Gasteiger partial charge >= 0.3 is 0 Å². The molecule has 0 heterocycles. The summed E-state index contributed by atoms with van der Waals surface area (Å²) in [7, 11) is 0. The molecule has 0 aromatic carbocycles. The molecule has 3 heteroatoms. The van der Waals surface area contributed by atoms with Crippen molar-refractivity contribution in [3.05, 3.63) is 0 Å². The summed E-state index contributed by atoms with van der Waals surface area (Å²) in [5.41, 5.74) is -1.24. The third-order valence-electron chi connectivity index (χ3n) is 4.31. The van der Waals surface area contributed by atoms with E-state index in [2.05, 4.69) is 0 Å². The zero-order chi connectivity index (χ0) is 10.9. The lowest BCUT2D eigenvalue weighted by atomic mass is 9.66. The predicted molar refractivity (Wildman–Crippen MR) is 57.2 cm³/mol.